The van der Waals surface area contributed by atoms with Crippen LogP contribution in [0.25, 0.3) is 17.2 Å². The molecule has 0 saturated carbocycles. The van der Waals surface area contributed by atoms with Crippen LogP contribution >= 0.6 is 0 Å². The zero-order valence-corrected chi connectivity index (χ0v) is 32.8. The molecule has 2 heterocycles. The number of hydrogen-bond acceptors (Lipinski definition) is 8. The van der Waals surface area contributed by atoms with E-state index in [2.05, 4.69) is 30.6 Å². The number of amides is 2. The molecule has 10 nitrogen and oxygen atoms in total. The van der Waals surface area contributed by atoms with Crippen molar-refractivity contribution in [1.82, 2.24) is 10.3 Å². The predicted octanol–water partition coefficient (Wildman–Crippen LogP) is 8.43. The summed E-state index contributed by atoms with van der Waals surface area (Å²) in [6, 6.07) is 12.0. The number of hydrogen-bond donors (Lipinski definition) is 2. The van der Waals surface area contributed by atoms with Crippen LogP contribution in [0.1, 0.15) is 114 Å². The Kier molecular flexibility index (Phi) is 13.0. The van der Waals surface area contributed by atoms with E-state index in [0.717, 1.165) is 58.5 Å². The number of benzene rings is 2. The molecule has 2 atom stereocenters. The fraction of sp³-hybridized carbons (Fsp3) is 0.488. The quantitative estimate of drug-likeness (QED) is 0.198. The number of urea groups is 1. The molecule has 54 heavy (non-hydrogen) atoms. The summed E-state index contributed by atoms with van der Waals surface area (Å²) in [7, 11) is 0. The number of carbonyl (C=O) groups excluding carboxylic acids is 3. The van der Waals surface area contributed by atoms with Crippen LogP contribution in [0.2, 0.25) is 0 Å². The molecule has 0 radical (unpaired) electrons. The smallest absolute Gasteiger partial charge is 0.325 e. The minimum Gasteiger partial charge on any atom is -0.465 e. The monoisotopic (exact) mass is 743 g/mol. The Labute approximate surface area is 318 Å². The normalized spacial score (nSPS) is 18.3. The van der Waals surface area contributed by atoms with E-state index in [1.54, 1.807) is 6.92 Å². The van der Waals surface area contributed by atoms with E-state index in [1.807, 2.05) is 71.0 Å². The molecule has 2 N–H and O–H groups in total. The first kappa shape index (κ1) is 40.6. The molecular weight excluding hydrogens is 689 g/mol. The summed E-state index contributed by atoms with van der Waals surface area (Å²) in [6.07, 6.45) is 6.92. The number of rotatable bonds is 10. The Hall–Kier alpha value is -4.61. The molecule has 290 valence electrons. The van der Waals surface area contributed by atoms with Crippen LogP contribution in [0.3, 0.4) is 0 Å². The third kappa shape index (κ3) is 11.0. The zero-order chi connectivity index (χ0) is 39.2. The highest BCUT2D eigenvalue weighted by atomic mass is 19.1. The lowest BCUT2D eigenvalue weighted by atomic mass is 9.83. The lowest BCUT2D eigenvalue weighted by Gasteiger charge is -2.40. The van der Waals surface area contributed by atoms with Gasteiger partial charge in [0.25, 0.3) is 0 Å². The number of esters is 2. The summed E-state index contributed by atoms with van der Waals surface area (Å²) in [6.45, 7) is 15.2. The van der Waals surface area contributed by atoms with Crippen LogP contribution in [0, 0.1) is 5.82 Å². The second-order valence-corrected chi connectivity index (χ2v) is 15.7. The topological polar surface area (TPSA) is 125 Å². The number of fused-ring (bicyclic) bond motifs is 2. The molecule has 0 bridgehead atoms. The molecule has 1 aromatic heterocycles. The standard InChI is InChI=1S/C43H54FN3O7/c1-9-51-38(49)25-45-41(50)46-31-18-15-27-11-10-12-34-36(22-29(27)21-31)47-40(26(2)3)35(39(34)28-13-16-30(44)17-14-28)20-19-32-23-33(53-43(7,8)52-32)24-37(48)54-42(4,5)6/h13-21,26,32-33H,9-12,22-25H2,1-8H3,(H2,45,46,50)/t32-,33-/m1/s1. The number of halogens is 1. The number of aryl methyl sites for hydroxylation is 1. The Bertz CT molecular complexity index is 1860. The van der Waals surface area contributed by atoms with Crippen LogP contribution in [-0.4, -0.2) is 59.7 Å². The van der Waals surface area contributed by atoms with Gasteiger partial charge in [-0.05, 0) is 119 Å². The Morgan fingerprint density at radius 1 is 1.04 bits per heavy atom. The highest BCUT2D eigenvalue weighted by molar-refractivity contribution is 5.91. The molecule has 2 aromatic carbocycles. The SMILES string of the molecule is CCOC(=O)CNC(=O)Nc1ccc2c(c1)Cc1nc(C(C)C)c(C=C[C@@H]3C[C@H](CC(=O)OC(C)(C)C)OC(C)(C)O3)c(-c3ccc(F)cc3)c1CCC2. The molecule has 3 aromatic rings. The second kappa shape index (κ2) is 17.2. The predicted molar refractivity (Wildman–Crippen MR) is 207 cm³/mol. The van der Waals surface area contributed by atoms with Gasteiger partial charge in [-0.3, -0.25) is 14.6 Å². The summed E-state index contributed by atoms with van der Waals surface area (Å²) < 4.78 is 37.3. The van der Waals surface area contributed by atoms with Crippen molar-refractivity contribution in [2.24, 2.45) is 0 Å². The maximum atomic E-state index is 14.3. The maximum absolute atomic E-state index is 14.3. The average Bonchev–Trinajstić information content (AvgIpc) is 3.05. The van der Waals surface area contributed by atoms with Crippen molar-refractivity contribution in [2.75, 3.05) is 18.5 Å². The number of nitrogens with one attached hydrogen (secondary N) is 2. The fourth-order valence-electron chi connectivity index (χ4n) is 7.13. The van der Waals surface area contributed by atoms with Gasteiger partial charge < -0.3 is 29.6 Å². The van der Waals surface area contributed by atoms with E-state index in [9.17, 15) is 18.8 Å². The molecule has 2 aliphatic rings. The minimum absolute atomic E-state index is 0.0436. The van der Waals surface area contributed by atoms with Gasteiger partial charge in [0, 0.05) is 29.8 Å². The van der Waals surface area contributed by atoms with E-state index in [4.69, 9.17) is 23.9 Å². The van der Waals surface area contributed by atoms with Gasteiger partial charge >= 0.3 is 18.0 Å². The molecule has 0 unspecified atom stereocenters. The summed E-state index contributed by atoms with van der Waals surface area (Å²) in [5, 5.41) is 5.38. The third-order valence-electron chi connectivity index (χ3n) is 9.20. The van der Waals surface area contributed by atoms with Crippen LogP contribution in [-0.2, 0) is 47.8 Å². The molecule has 2 amide bonds. The number of anilines is 1. The first-order valence-electron chi connectivity index (χ1n) is 18.9. The lowest BCUT2D eigenvalue weighted by Crippen LogP contribution is -2.45. The maximum Gasteiger partial charge on any atom is 0.325 e. The molecule has 0 spiro atoms. The molecule has 5 rings (SSSR count). The van der Waals surface area contributed by atoms with Crippen LogP contribution in [0.5, 0.6) is 0 Å². The largest absolute Gasteiger partial charge is 0.465 e. The van der Waals surface area contributed by atoms with E-state index in [0.29, 0.717) is 18.5 Å². The number of carbonyl (C=O) groups is 3. The van der Waals surface area contributed by atoms with Gasteiger partial charge in [-0.25, -0.2) is 9.18 Å². The van der Waals surface area contributed by atoms with Gasteiger partial charge in [-0.15, -0.1) is 0 Å². The van der Waals surface area contributed by atoms with Gasteiger partial charge in [0.05, 0.1) is 30.9 Å². The number of pyridine rings is 1. The van der Waals surface area contributed by atoms with Crippen molar-refractivity contribution in [3.05, 3.63) is 88.0 Å². The van der Waals surface area contributed by atoms with Gasteiger partial charge in [0.2, 0.25) is 0 Å². The van der Waals surface area contributed by atoms with E-state index in [-0.39, 0.29) is 43.4 Å². The lowest BCUT2D eigenvalue weighted by molar-refractivity contribution is -0.290. The Morgan fingerprint density at radius 3 is 2.46 bits per heavy atom. The first-order valence-corrected chi connectivity index (χ1v) is 18.9. The minimum atomic E-state index is -0.923. The summed E-state index contributed by atoms with van der Waals surface area (Å²) in [5.74, 6) is -2.02. The fourth-order valence-corrected chi connectivity index (χ4v) is 7.13. The molecule has 1 fully saturated rings. The number of ether oxygens (including phenoxy) is 4. The van der Waals surface area contributed by atoms with Gasteiger partial charge in [-0.1, -0.05) is 44.2 Å². The van der Waals surface area contributed by atoms with E-state index < -0.39 is 29.5 Å². The average molecular weight is 744 g/mol. The van der Waals surface area contributed by atoms with Crippen molar-refractivity contribution in [3.8, 4) is 11.1 Å². The van der Waals surface area contributed by atoms with Crippen LogP contribution in [0.4, 0.5) is 14.9 Å². The molecule has 11 heteroatoms. The van der Waals surface area contributed by atoms with Gasteiger partial charge in [0.15, 0.2) is 5.79 Å². The zero-order valence-electron chi connectivity index (χ0n) is 32.8. The van der Waals surface area contributed by atoms with Crippen molar-refractivity contribution >= 4 is 29.7 Å². The van der Waals surface area contributed by atoms with Crippen LogP contribution in [0.15, 0.2) is 48.5 Å². The molecule has 1 aliphatic carbocycles. The second-order valence-electron chi connectivity index (χ2n) is 15.7. The van der Waals surface area contributed by atoms with Crippen LogP contribution < -0.4 is 10.6 Å². The van der Waals surface area contributed by atoms with Crippen molar-refractivity contribution in [2.45, 2.75) is 123 Å². The van der Waals surface area contributed by atoms with Crippen molar-refractivity contribution < 1.29 is 37.7 Å². The molecule has 1 saturated heterocycles. The van der Waals surface area contributed by atoms with Crippen molar-refractivity contribution in [3.63, 3.8) is 0 Å². The Balaban J connectivity index is 1.51. The summed E-state index contributed by atoms with van der Waals surface area (Å²) in [4.78, 5) is 42.4. The molecule has 1 aliphatic heterocycles. The molecular formula is C43H54FN3O7. The van der Waals surface area contributed by atoms with E-state index in [1.165, 1.54) is 17.7 Å². The Morgan fingerprint density at radius 2 is 1.78 bits per heavy atom. The van der Waals surface area contributed by atoms with E-state index >= 15 is 0 Å². The highest BCUT2D eigenvalue weighted by Gasteiger charge is 2.36. The van der Waals surface area contributed by atoms with Gasteiger partial charge in [-0.2, -0.15) is 0 Å². The number of aromatic nitrogens is 1. The number of nitrogens with zero attached hydrogens (tertiary/aromatic N) is 1. The van der Waals surface area contributed by atoms with Gasteiger partial charge in [0.1, 0.15) is 18.0 Å². The summed E-state index contributed by atoms with van der Waals surface area (Å²) in [5.41, 5.74) is 8.00. The highest BCUT2D eigenvalue weighted by Crippen LogP contribution is 2.39. The third-order valence-corrected chi connectivity index (χ3v) is 9.20. The summed E-state index contributed by atoms with van der Waals surface area (Å²) >= 11 is 0. The van der Waals surface area contributed by atoms with Crippen molar-refractivity contribution in [1.29, 1.82) is 0 Å². The first-order chi connectivity index (χ1) is 25.5.